The van der Waals surface area contributed by atoms with E-state index in [2.05, 4.69) is 63.3 Å². The van der Waals surface area contributed by atoms with Crippen LogP contribution in [0.4, 0.5) is 5.69 Å². The van der Waals surface area contributed by atoms with E-state index in [-0.39, 0.29) is 0 Å². The predicted molar refractivity (Wildman–Crippen MR) is 81.7 cm³/mol. The molecule has 0 amide bonds. The minimum Gasteiger partial charge on any atom is -0.377 e. The molecule has 0 aliphatic heterocycles. The van der Waals surface area contributed by atoms with Crippen molar-refractivity contribution in [3.05, 3.63) is 51.2 Å². The number of rotatable bonds is 4. The Hall–Kier alpha value is -1.28. The summed E-state index contributed by atoms with van der Waals surface area (Å²) in [4.78, 5) is 2.77. The first-order chi connectivity index (χ1) is 8.61. The van der Waals surface area contributed by atoms with E-state index in [1.165, 1.54) is 26.6 Å². The summed E-state index contributed by atoms with van der Waals surface area (Å²) < 4.78 is 0. The Balaban J connectivity index is 2.23. The van der Waals surface area contributed by atoms with Gasteiger partial charge in [-0.25, -0.2) is 0 Å². The molecule has 1 aromatic carbocycles. The standard InChI is InChI=1S/C16H21NS/c1-5-14-8-6-7-11(2)16(14)17-13(4)15-10-9-12(3)18-15/h6-10,13,17H,5H2,1-4H3. The fourth-order valence-corrected chi connectivity index (χ4v) is 3.08. The lowest BCUT2D eigenvalue weighted by Gasteiger charge is -2.19. The number of hydrogen-bond acceptors (Lipinski definition) is 2. The van der Waals surface area contributed by atoms with Crippen molar-refractivity contribution in [2.75, 3.05) is 5.32 Å². The van der Waals surface area contributed by atoms with Crippen molar-refractivity contribution in [1.82, 2.24) is 0 Å². The molecule has 0 spiro atoms. The average molecular weight is 259 g/mol. The highest BCUT2D eigenvalue weighted by Crippen LogP contribution is 2.29. The molecule has 1 unspecified atom stereocenters. The molecular formula is C16H21NS. The van der Waals surface area contributed by atoms with Crippen LogP contribution in [0.2, 0.25) is 0 Å². The van der Waals surface area contributed by atoms with Gasteiger partial charge in [0.15, 0.2) is 0 Å². The van der Waals surface area contributed by atoms with Gasteiger partial charge in [-0.05, 0) is 50.5 Å². The van der Waals surface area contributed by atoms with Crippen molar-refractivity contribution >= 4 is 17.0 Å². The maximum atomic E-state index is 3.67. The molecule has 0 aliphatic rings. The van der Waals surface area contributed by atoms with Gasteiger partial charge in [0.05, 0.1) is 6.04 Å². The highest BCUT2D eigenvalue weighted by molar-refractivity contribution is 7.12. The van der Waals surface area contributed by atoms with Gasteiger partial charge in [0, 0.05) is 15.4 Å². The summed E-state index contributed by atoms with van der Waals surface area (Å²) in [6.07, 6.45) is 1.07. The van der Waals surface area contributed by atoms with Crippen LogP contribution in [0, 0.1) is 13.8 Å². The van der Waals surface area contributed by atoms with Crippen LogP contribution in [0.1, 0.15) is 40.8 Å². The Labute approximate surface area is 114 Å². The summed E-state index contributed by atoms with van der Waals surface area (Å²) in [5, 5.41) is 3.67. The van der Waals surface area contributed by atoms with Crippen molar-refractivity contribution in [2.45, 2.75) is 40.2 Å². The molecule has 1 N–H and O–H groups in total. The van der Waals surface area contributed by atoms with E-state index in [0.717, 1.165) is 6.42 Å². The molecule has 0 saturated heterocycles. The predicted octanol–water partition coefficient (Wildman–Crippen LogP) is 5.10. The van der Waals surface area contributed by atoms with Gasteiger partial charge in [0.2, 0.25) is 0 Å². The monoisotopic (exact) mass is 259 g/mol. The third kappa shape index (κ3) is 2.75. The molecular weight excluding hydrogens is 238 g/mol. The van der Waals surface area contributed by atoms with E-state index in [1.807, 2.05) is 11.3 Å². The fraction of sp³-hybridized carbons (Fsp3) is 0.375. The Morgan fingerprint density at radius 2 is 1.94 bits per heavy atom. The Bertz CT molecular complexity index is 528. The van der Waals surface area contributed by atoms with Crippen molar-refractivity contribution in [3.8, 4) is 0 Å². The van der Waals surface area contributed by atoms with Crippen LogP contribution in [0.15, 0.2) is 30.3 Å². The lowest BCUT2D eigenvalue weighted by molar-refractivity contribution is 0.898. The van der Waals surface area contributed by atoms with Crippen LogP contribution < -0.4 is 5.32 Å². The van der Waals surface area contributed by atoms with Crippen molar-refractivity contribution in [3.63, 3.8) is 0 Å². The van der Waals surface area contributed by atoms with E-state index < -0.39 is 0 Å². The first-order valence-electron chi connectivity index (χ1n) is 6.53. The smallest absolute Gasteiger partial charge is 0.0578 e. The van der Waals surface area contributed by atoms with Gasteiger partial charge in [0.1, 0.15) is 0 Å². The van der Waals surface area contributed by atoms with E-state index in [0.29, 0.717) is 6.04 Å². The Morgan fingerprint density at radius 1 is 1.17 bits per heavy atom. The largest absolute Gasteiger partial charge is 0.377 e. The molecule has 96 valence electrons. The molecule has 2 aromatic rings. The maximum absolute atomic E-state index is 3.67. The molecule has 0 aliphatic carbocycles. The van der Waals surface area contributed by atoms with Crippen molar-refractivity contribution in [2.24, 2.45) is 0 Å². The van der Waals surface area contributed by atoms with E-state index in [9.17, 15) is 0 Å². The number of thiophene rings is 1. The van der Waals surface area contributed by atoms with Crippen molar-refractivity contribution in [1.29, 1.82) is 0 Å². The zero-order valence-electron chi connectivity index (χ0n) is 11.6. The third-order valence-electron chi connectivity index (χ3n) is 3.29. The highest BCUT2D eigenvalue weighted by atomic mass is 32.1. The van der Waals surface area contributed by atoms with Gasteiger partial charge in [-0.3, -0.25) is 0 Å². The van der Waals surface area contributed by atoms with Gasteiger partial charge in [0.25, 0.3) is 0 Å². The van der Waals surface area contributed by atoms with Crippen LogP contribution >= 0.6 is 11.3 Å². The van der Waals surface area contributed by atoms with Crippen LogP contribution in [-0.2, 0) is 6.42 Å². The molecule has 1 nitrogen and oxygen atoms in total. The van der Waals surface area contributed by atoms with Crippen LogP contribution in [-0.4, -0.2) is 0 Å². The molecule has 1 aromatic heterocycles. The molecule has 0 saturated carbocycles. The number of aryl methyl sites for hydroxylation is 3. The van der Waals surface area contributed by atoms with Crippen molar-refractivity contribution < 1.29 is 0 Å². The van der Waals surface area contributed by atoms with E-state index in [4.69, 9.17) is 0 Å². The second-order valence-electron chi connectivity index (χ2n) is 4.78. The van der Waals surface area contributed by atoms with Gasteiger partial charge < -0.3 is 5.32 Å². The number of benzene rings is 1. The SMILES string of the molecule is CCc1cccc(C)c1NC(C)c1ccc(C)s1. The quantitative estimate of drug-likeness (QED) is 0.805. The lowest BCUT2D eigenvalue weighted by Crippen LogP contribution is -2.08. The Kier molecular flexibility index (Phi) is 4.07. The molecule has 0 radical (unpaired) electrons. The molecule has 0 fully saturated rings. The minimum absolute atomic E-state index is 0.370. The van der Waals surface area contributed by atoms with Crippen LogP contribution in [0.3, 0.4) is 0 Å². The summed E-state index contributed by atoms with van der Waals surface area (Å²) in [6.45, 7) is 8.77. The normalized spacial score (nSPS) is 12.4. The van der Waals surface area contributed by atoms with Crippen LogP contribution in [0.5, 0.6) is 0 Å². The molecule has 1 heterocycles. The first-order valence-corrected chi connectivity index (χ1v) is 7.34. The number of anilines is 1. The van der Waals surface area contributed by atoms with Gasteiger partial charge in [-0.1, -0.05) is 25.1 Å². The summed E-state index contributed by atoms with van der Waals surface area (Å²) in [7, 11) is 0. The zero-order chi connectivity index (χ0) is 13.1. The molecule has 1 atom stereocenters. The zero-order valence-corrected chi connectivity index (χ0v) is 12.4. The summed E-state index contributed by atoms with van der Waals surface area (Å²) in [5.41, 5.74) is 4.03. The molecule has 2 heteroatoms. The number of hydrogen-bond donors (Lipinski definition) is 1. The summed E-state index contributed by atoms with van der Waals surface area (Å²) in [5.74, 6) is 0. The second-order valence-corrected chi connectivity index (χ2v) is 6.10. The first kappa shape index (κ1) is 13.2. The maximum Gasteiger partial charge on any atom is 0.0578 e. The minimum atomic E-state index is 0.370. The Morgan fingerprint density at radius 3 is 2.56 bits per heavy atom. The topological polar surface area (TPSA) is 12.0 Å². The average Bonchev–Trinajstić information content (AvgIpc) is 2.78. The van der Waals surface area contributed by atoms with Gasteiger partial charge in [-0.2, -0.15) is 0 Å². The van der Waals surface area contributed by atoms with Crippen LogP contribution in [0.25, 0.3) is 0 Å². The number of nitrogens with one attached hydrogen (secondary N) is 1. The summed E-state index contributed by atoms with van der Waals surface area (Å²) in [6, 6.07) is 11.3. The fourth-order valence-electron chi connectivity index (χ4n) is 2.20. The van der Waals surface area contributed by atoms with Gasteiger partial charge >= 0.3 is 0 Å². The highest BCUT2D eigenvalue weighted by Gasteiger charge is 2.11. The molecule has 2 rings (SSSR count). The third-order valence-corrected chi connectivity index (χ3v) is 4.47. The van der Waals surface area contributed by atoms with E-state index in [1.54, 1.807) is 0 Å². The molecule has 0 bridgehead atoms. The second kappa shape index (κ2) is 5.57. The summed E-state index contributed by atoms with van der Waals surface area (Å²) >= 11 is 1.87. The van der Waals surface area contributed by atoms with E-state index >= 15 is 0 Å². The lowest BCUT2D eigenvalue weighted by atomic mass is 10.0. The van der Waals surface area contributed by atoms with Gasteiger partial charge in [-0.15, -0.1) is 11.3 Å². The number of para-hydroxylation sites is 1. The molecule has 18 heavy (non-hydrogen) atoms.